The molecule has 5 nitrogen and oxygen atoms in total. The Morgan fingerprint density at radius 1 is 1.41 bits per heavy atom. The lowest BCUT2D eigenvalue weighted by molar-refractivity contribution is -0.484. The van der Waals surface area contributed by atoms with Crippen LogP contribution in [0, 0.1) is 16.0 Å². The molecule has 1 aromatic rings. The first-order valence-electron chi connectivity index (χ1n) is 5.29. The van der Waals surface area contributed by atoms with E-state index < -0.39 is 10.8 Å². The van der Waals surface area contributed by atoms with E-state index in [0.29, 0.717) is 5.75 Å². The molecule has 1 rings (SSSR count). The summed E-state index contributed by atoms with van der Waals surface area (Å²) in [5, 5.41) is 10.6. The molecule has 0 heterocycles. The molecule has 0 amide bonds. The predicted molar refractivity (Wildman–Crippen MR) is 62.8 cm³/mol. The van der Waals surface area contributed by atoms with Gasteiger partial charge in [0.05, 0.1) is 13.0 Å². The van der Waals surface area contributed by atoms with Gasteiger partial charge in [-0.25, -0.2) is 0 Å². The van der Waals surface area contributed by atoms with Crippen LogP contribution in [0.5, 0.6) is 5.75 Å². The smallest absolute Gasteiger partial charge is 0.211 e. The van der Waals surface area contributed by atoms with Gasteiger partial charge in [0, 0.05) is 10.8 Å². The number of methoxy groups -OCH3 is 1. The summed E-state index contributed by atoms with van der Waals surface area (Å²) in [5.41, 5.74) is 0.780. The van der Waals surface area contributed by atoms with E-state index in [2.05, 4.69) is 0 Å². The minimum atomic E-state index is -0.395. The average molecular weight is 237 g/mol. The third-order valence-electron chi connectivity index (χ3n) is 2.74. The largest absolute Gasteiger partial charge is 0.497 e. The van der Waals surface area contributed by atoms with Gasteiger partial charge < -0.3 is 9.53 Å². The topological polar surface area (TPSA) is 69.4 Å². The number of nitrogens with zero attached hydrogens (tertiary/aromatic N) is 1. The van der Waals surface area contributed by atoms with Crippen molar-refractivity contribution in [2.24, 2.45) is 5.92 Å². The molecule has 5 heteroatoms. The SMILES string of the molecule is COc1ccc([C@H](C[N+](=O)[O-])[C@H](C)C=O)cc1. The fourth-order valence-electron chi connectivity index (χ4n) is 1.68. The van der Waals surface area contributed by atoms with Crippen molar-refractivity contribution in [1.82, 2.24) is 0 Å². The quantitative estimate of drug-likeness (QED) is 0.430. The zero-order chi connectivity index (χ0) is 12.8. The van der Waals surface area contributed by atoms with Crippen molar-refractivity contribution in [1.29, 1.82) is 0 Å². The molecule has 0 radical (unpaired) electrons. The Morgan fingerprint density at radius 3 is 2.41 bits per heavy atom. The van der Waals surface area contributed by atoms with Gasteiger partial charge in [0.25, 0.3) is 0 Å². The number of rotatable bonds is 6. The summed E-state index contributed by atoms with van der Waals surface area (Å²) in [7, 11) is 1.55. The normalized spacial score (nSPS) is 13.8. The minimum absolute atomic E-state index is 0.244. The van der Waals surface area contributed by atoms with Gasteiger partial charge in [0.15, 0.2) is 0 Å². The summed E-state index contributed by atoms with van der Waals surface area (Å²) < 4.78 is 5.01. The van der Waals surface area contributed by atoms with Crippen molar-refractivity contribution < 1.29 is 14.5 Å². The summed E-state index contributed by atoms with van der Waals surface area (Å²) in [6.07, 6.45) is 0.748. The molecule has 0 aliphatic carbocycles. The maximum absolute atomic E-state index is 10.8. The maximum atomic E-state index is 10.8. The summed E-state index contributed by atoms with van der Waals surface area (Å²) in [6, 6.07) is 6.99. The van der Waals surface area contributed by atoms with Crippen molar-refractivity contribution in [2.75, 3.05) is 13.7 Å². The lowest BCUT2D eigenvalue weighted by Crippen LogP contribution is -2.20. The fourth-order valence-corrected chi connectivity index (χ4v) is 1.68. The van der Waals surface area contributed by atoms with Gasteiger partial charge in [-0.2, -0.15) is 0 Å². The molecule has 92 valence electrons. The van der Waals surface area contributed by atoms with E-state index in [4.69, 9.17) is 4.74 Å². The molecule has 0 saturated heterocycles. The number of aldehydes is 1. The van der Waals surface area contributed by atoms with Crippen molar-refractivity contribution in [3.63, 3.8) is 0 Å². The van der Waals surface area contributed by atoms with Gasteiger partial charge in [-0.05, 0) is 17.7 Å². The Bertz CT molecular complexity index is 388. The number of ether oxygens (including phenoxy) is 1. The lowest BCUT2D eigenvalue weighted by atomic mass is 9.88. The Balaban J connectivity index is 2.94. The number of carbonyl (C=O) groups excluding carboxylic acids is 1. The van der Waals surface area contributed by atoms with Crippen LogP contribution in [-0.4, -0.2) is 24.9 Å². The summed E-state index contributed by atoms with van der Waals surface area (Å²) in [4.78, 5) is 21.0. The van der Waals surface area contributed by atoms with Crippen molar-refractivity contribution in [3.05, 3.63) is 39.9 Å². The molecule has 2 atom stereocenters. The first-order valence-corrected chi connectivity index (χ1v) is 5.29. The third-order valence-corrected chi connectivity index (χ3v) is 2.74. The molecule has 0 bridgehead atoms. The van der Waals surface area contributed by atoms with Crippen LogP contribution in [0.15, 0.2) is 24.3 Å². The maximum Gasteiger partial charge on any atom is 0.211 e. The second-order valence-corrected chi connectivity index (χ2v) is 3.89. The standard InChI is InChI=1S/C12H15NO4/c1-9(8-14)12(7-13(15)16)10-3-5-11(17-2)6-4-10/h3-6,8-9,12H,7H2,1-2H3/t9-,12-/m1/s1. The molecule has 0 aliphatic rings. The highest BCUT2D eigenvalue weighted by atomic mass is 16.6. The van der Waals surface area contributed by atoms with Gasteiger partial charge in [-0.3, -0.25) is 10.1 Å². The van der Waals surface area contributed by atoms with Crippen LogP contribution >= 0.6 is 0 Å². The second-order valence-electron chi connectivity index (χ2n) is 3.89. The average Bonchev–Trinajstić information content (AvgIpc) is 2.35. The predicted octanol–water partition coefficient (Wildman–Crippen LogP) is 1.89. The first-order chi connectivity index (χ1) is 8.08. The van der Waals surface area contributed by atoms with Gasteiger partial charge in [-0.15, -0.1) is 0 Å². The van der Waals surface area contributed by atoms with E-state index in [1.807, 2.05) is 0 Å². The zero-order valence-electron chi connectivity index (χ0n) is 9.83. The molecule has 0 fully saturated rings. The van der Waals surface area contributed by atoms with Gasteiger partial charge in [-0.1, -0.05) is 19.1 Å². The number of benzene rings is 1. The van der Waals surface area contributed by atoms with Crippen LogP contribution in [-0.2, 0) is 4.79 Å². The molecule has 0 unspecified atom stereocenters. The Hall–Kier alpha value is -1.91. The summed E-state index contributed by atoms with van der Waals surface area (Å²) in [5.74, 6) is -0.0884. The van der Waals surface area contributed by atoms with E-state index in [1.54, 1.807) is 38.3 Å². The number of nitro groups is 1. The zero-order valence-corrected chi connectivity index (χ0v) is 9.83. The number of hydrogen-bond acceptors (Lipinski definition) is 4. The molecule has 0 aliphatic heterocycles. The van der Waals surface area contributed by atoms with Crippen LogP contribution in [0.1, 0.15) is 18.4 Å². The number of hydrogen-bond donors (Lipinski definition) is 0. The molecule has 0 spiro atoms. The Kier molecular flexibility index (Phi) is 4.63. The molecule has 17 heavy (non-hydrogen) atoms. The fraction of sp³-hybridized carbons (Fsp3) is 0.417. The molecular formula is C12H15NO4. The van der Waals surface area contributed by atoms with Crippen molar-refractivity contribution in [2.45, 2.75) is 12.8 Å². The van der Waals surface area contributed by atoms with E-state index in [1.165, 1.54) is 0 Å². The van der Waals surface area contributed by atoms with Crippen LogP contribution in [0.2, 0.25) is 0 Å². The molecular weight excluding hydrogens is 222 g/mol. The van der Waals surface area contributed by atoms with Crippen LogP contribution in [0.25, 0.3) is 0 Å². The van der Waals surface area contributed by atoms with Crippen LogP contribution in [0.4, 0.5) is 0 Å². The van der Waals surface area contributed by atoms with Gasteiger partial charge >= 0.3 is 0 Å². The summed E-state index contributed by atoms with van der Waals surface area (Å²) in [6.45, 7) is 1.44. The van der Waals surface area contributed by atoms with E-state index in [0.717, 1.165) is 11.8 Å². The molecule has 0 saturated carbocycles. The van der Waals surface area contributed by atoms with E-state index in [-0.39, 0.29) is 12.5 Å². The highest BCUT2D eigenvalue weighted by Crippen LogP contribution is 2.25. The van der Waals surface area contributed by atoms with E-state index >= 15 is 0 Å². The first kappa shape index (κ1) is 13.2. The third kappa shape index (κ3) is 3.55. The van der Waals surface area contributed by atoms with Gasteiger partial charge in [0.2, 0.25) is 6.54 Å². The summed E-state index contributed by atoms with van der Waals surface area (Å²) >= 11 is 0. The second kappa shape index (κ2) is 5.98. The van der Waals surface area contributed by atoms with Crippen molar-refractivity contribution >= 4 is 6.29 Å². The molecule has 1 aromatic carbocycles. The minimum Gasteiger partial charge on any atom is -0.497 e. The molecule has 0 aromatic heterocycles. The van der Waals surface area contributed by atoms with Crippen molar-refractivity contribution in [3.8, 4) is 5.75 Å². The molecule has 0 N–H and O–H groups in total. The van der Waals surface area contributed by atoms with E-state index in [9.17, 15) is 14.9 Å². The van der Waals surface area contributed by atoms with Crippen LogP contribution < -0.4 is 4.74 Å². The number of carbonyl (C=O) groups is 1. The Labute approximate surface area is 99.5 Å². The lowest BCUT2D eigenvalue weighted by Gasteiger charge is -2.16. The Morgan fingerprint density at radius 2 is 2.00 bits per heavy atom. The monoisotopic (exact) mass is 237 g/mol. The van der Waals surface area contributed by atoms with Gasteiger partial charge in [0.1, 0.15) is 12.0 Å². The van der Waals surface area contributed by atoms with Crippen LogP contribution in [0.3, 0.4) is 0 Å². The highest BCUT2D eigenvalue weighted by Gasteiger charge is 2.24. The highest BCUT2D eigenvalue weighted by molar-refractivity contribution is 5.55.